The molecule has 2 fully saturated rings. The van der Waals surface area contributed by atoms with Crippen molar-refractivity contribution < 1.29 is 5.11 Å². The Bertz CT molecular complexity index is 446. The van der Waals surface area contributed by atoms with E-state index in [2.05, 4.69) is 39.9 Å². The van der Waals surface area contributed by atoms with Gasteiger partial charge in [0, 0.05) is 29.5 Å². The van der Waals surface area contributed by atoms with Crippen molar-refractivity contribution in [3.8, 4) is 0 Å². The van der Waals surface area contributed by atoms with Gasteiger partial charge in [0.25, 0.3) is 0 Å². The molecule has 0 aromatic heterocycles. The molecule has 3 rings (SSSR count). The van der Waals surface area contributed by atoms with Crippen molar-refractivity contribution in [3.05, 3.63) is 34.3 Å². The summed E-state index contributed by atoms with van der Waals surface area (Å²) >= 11 is 3.49. The second-order valence-corrected chi connectivity index (χ2v) is 6.90. The van der Waals surface area contributed by atoms with Gasteiger partial charge in [0.2, 0.25) is 0 Å². The molecule has 98 valence electrons. The number of nitrogens with zero attached hydrogens (tertiary/aromatic N) is 1. The minimum Gasteiger partial charge on any atom is -0.388 e. The first-order chi connectivity index (χ1) is 8.56. The molecule has 2 atom stereocenters. The van der Waals surface area contributed by atoms with Crippen molar-refractivity contribution in [2.24, 2.45) is 0 Å². The topological polar surface area (TPSA) is 23.5 Å². The van der Waals surface area contributed by atoms with Gasteiger partial charge >= 0.3 is 0 Å². The number of rotatable bonds is 3. The standard InChI is InChI=1S/C15H20BrNO/c1-11-8-15(18,10-17(11)14-5-6-14)9-12-3-2-4-13(16)7-12/h2-4,7,11,14,18H,5-6,8-10H2,1H3. The second kappa shape index (κ2) is 4.62. The Morgan fingerprint density at radius 1 is 1.44 bits per heavy atom. The van der Waals surface area contributed by atoms with E-state index >= 15 is 0 Å². The molecule has 0 amide bonds. The predicted octanol–water partition coefficient (Wildman–Crippen LogP) is 2.98. The maximum Gasteiger partial charge on any atom is 0.0829 e. The molecule has 2 unspecified atom stereocenters. The SMILES string of the molecule is CC1CC(O)(Cc2cccc(Br)c2)CN1C1CC1. The van der Waals surface area contributed by atoms with E-state index in [1.54, 1.807) is 0 Å². The fraction of sp³-hybridized carbons (Fsp3) is 0.600. The number of hydrogen-bond donors (Lipinski definition) is 1. The number of β-amino-alcohol motifs (C(OH)–C–C–N with tert-alkyl or cyclic N) is 1. The highest BCUT2D eigenvalue weighted by Crippen LogP contribution is 2.38. The minimum atomic E-state index is -0.539. The minimum absolute atomic E-state index is 0.523. The van der Waals surface area contributed by atoms with Crippen LogP contribution in [-0.4, -0.2) is 34.2 Å². The highest BCUT2D eigenvalue weighted by atomic mass is 79.9. The molecule has 1 aliphatic carbocycles. The van der Waals surface area contributed by atoms with Gasteiger partial charge in [-0.2, -0.15) is 0 Å². The fourth-order valence-corrected chi connectivity index (χ4v) is 3.72. The van der Waals surface area contributed by atoms with Crippen LogP contribution in [0.3, 0.4) is 0 Å². The summed E-state index contributed by atoms with van der Waals surface area (Å²) in [6, 6.07) is 9.56. The zero-order chi connectivity index (χ0) is 12.8. The molecule has 1 N–H and O–H groups in total. The lowest BCUT2D eigenvalue weighted by molar-refractivity contribution is 0.0487. The van der Waals surface area contributed by atoms with Crippen molar-refractivity contribution in [2.75, 3.05) is 6.54 Å². The average molecular weight is 310 g/mol. The van der Waals surface area contributed by atoms with E-state index in [0.717, 1.165) is 29.9 Å². The van der Waals surface area contributed by atoms with Gasteiger partial charge in [0.05, 0.1) is 5.60 Å². The molecule has 1 aromatic carbocycles. The molecular weight excluding hydrogens is 290 g/mol. The van der Waals surface area contributed by atoms with Crippen LogP contribution in [0.2, 0.25) is 0 Å². The maximum atomic E-state index is 10.8. The van der Waals surface area contributed by atoms with Gasteiger partial charge in [0.15, 0.2) is 0 Å². The summed E-state index contributed by atoms with van der Waals surface area (Å²) in [6.07, 6.45) is 4.30. The lowest BCUT2D eigenvalue weighted by Crippen LogP contribution is -2.36. The number of benzene rings is 1. The Labute approximate surface area is 117 Å². The van der Waals surface area contributed by atoms with Crippen LogP contribution < -0.4 is 0 Å². The lowest BCUT2D eigenvalue weighted by atomic mass is 9.92. The summed E-state index contributed by atoms with van der Waals surface area (Å²) in [5.41, 5.74) is 0.680. The van der Waals surface area contributed by atoms with Crippen molar-refractivity contribution in [2.45, 2.75) is 50.3 Å². The summed E-state index contributed by atoms with van der Waals surface area (Å²) in [6.45, 7) is 3.09. The van der Waals surface area contributed by atoms with Crippen LogP contribution in [0.1, 0.15) is 31.7 Å². The van der Waals surface area contributed by atoms with Crippen molar-refractivity contribution in [1.29, 1.82) is 0 Å². The van der Waals surface area contributed by atoms with Crippen LogP contribution in [0.4, 0.5) is 0 Å². The van der Waals surface area contributed by atoms with Gasteiger partial charge < -0.3 is 5.11 Å². The molecule has 0 spiro atoms. The molecule has 2 aliphatic rings. The summed E-state index contributed by atoms with van der Waals surface area (Å²) in [5.74, 6) is 0. The Balaban J connectivity index is 1.72. The van der Waals surface area contributed by atoms with Gasteiger partial charge in [-0.05, 0) is 43.9 Å². The smallest absolute Gasteiger partial charge is 0.0829 e. The third-order valence-corrected chi connectivity index (χ3v) is 4.65. The van der Waals surface area contributed by atoms with Crippen LogP contribution in [0.25, 0.3) is 0 Å². The number of hydrogen-bond acceptors (Lipinski definition) is 2. The summed E-state index contributed by atoms with van der Waals surface area (Å²) in [4.78, 5) is 2.50. The van der Waals surface area contributed by atoms with E-state index in [1.165, 1.54) is 18.4 Å². The largest absolute Gasteiger partial charge is 0.388 e. The molecule has 2 nitrogen and oxygen atoms in total. The van der Waals surface area contributed by atoms with Crippen LogP contribution in [0.5, 0.6) is 0 Å². The van der Waals surface area contributed by atoms with Crippen LogP contribution >= 0.6 is 15.9 Å². The first-order valence-electron chi connectivity index (χ1n) is 6.78. The van der Waals surface area contributed by atoms with Crippen LogP contribution in [0, 0.1) is 0 Å². The monoisotopic (exact) mass is 309 g/mol. The number of likely N-dealkylation sites (tertiary alicyclic amines) is 1. The van der Waals surface area contributed by atoms with Gasteiger partial charge in [0.1, 0.15) is 0 Å². The zero-order valence-corrected chi connectivity index (χ0v) is 12.4. The van der Waals surface area contributed by atoms with E-state index in [-0.39, 0.29) is 0 Å². The Morgan fingerprint density at radius 3 is 2.89 bits per heavy atom. The predicted molar refractivity (Wildman–Crippen MR) is 76.6 cm³/mol. The van der Waals surface area contributed by atoms with Gasteiger partial charge in [-0.1, -0.05) is 28.1 Å². The third-order valence-electron chi connectivity index (χ3n) is 4.16. The fourth-order valence-electron chi connectivity index (χ4n) is 3.28. The number of halogens is 1. The summed E-state index contributed by atoms with van der Waals surface area (Å²) < 4.78 is 1.09. The second-order valence-electron chi connectivity index (χ2n) is 5.99. The molecule has 1 saturated carbocycles. The first-order valence-corrected chi connectivity index (χ1v) is 7.58. The molecule has 1 heterocycles. The van der Waals surface area contributed by atoms with Crippen LogP contribution in [0.15, 0.2) is 28.7 Å². The highest BCUT2D eigenvalue weighted by molar-refractivity contribution is 9.10. The maximum absolute atomic E-state index is 10.8. The Hall–Kier alpha value is -0.380. The van der Waals surface area contributed by atoms with E-state index in [9.17, 15) is 5.11 Å². The average Bonchev–Trinajstić information content (AvgIpc) is 3.05. The normalized spacial score (nSPS) is 32.9. The first kappa shape index (κ1) is 12.6. The molecule has 0 bridgehead atoms. The Morgan fingerprint density at radius 2 is 2.22 bits per heavy atom. The van der Waals surface area contributed by atoms with Crippen molar-refractivity contribution in [3.63, 3.8) is 0 Å². The van der Waals surface area contributed by atoms with E-state index < -0.39 is 5.60 Å². The van der Waals surface area contributed by atoms with Gasteiger partial charge in [-0.15, -0.1) is 0 Å². The highest BCUT2D eigenvalue weighted by Gasteiger charge is 2.45. The van der Waals surface area contributed by atoms with Gasteiger partial charge in [-0.25, -0.2) is 0 Å². The molecule has 3 heteroatoms. The third kappa shape index (κ3) is 2.63. The van der Waals surface area contributed by atoms with Crippen molar-refractivity contribution in [1.82, 2.24) is 4.90 Å². The van der Waals surface area contributed by atoms with Crippen molar-refractivity contribution >= 4 is 15.9 Å². The zero-order valence-electron chi connectivity index (χ0n) is 10.8. The Kier molecular flexibility index (Phi) is 3.25. The molecule has 18 heavy (non-hydrogen) atoms. The number of aliphatic hydroxyl groups is 1. The summed E-state index contributed by atoms with van der Waals surface area (Å²) in [7, 11) is 0. The summed E-state index contributed by atoms with van der Waals surface area (Å²) in [5, 5.41) is 10.8. The molecular formula is C15H20BrNO. The molecule has 0 radical (unpaired) electrons. The van der Waals surface area contributed by atoms with E-state index in [1.807, 2.05) is 12.1 Å². The molecule has 1 aliphatic heterocycles. The van der Waals surface area contributed by atoms with Gasteiger partial charge in [-0.3, -0.25) is 4.90 Å². The quantitative estimate of drug-likeness (QED) is 0.928. The van der Waals surface area contributed by atoms with Crippen LogP contribution in [-0.2, 0) is 6.42 Å². The van der Waals surface area contributed by atoms with E-state index in [4.69, 9.17) is 0 Å². The lowest BCUT2D eigenvalue weighted by Gasteiger charge is -2.24. The molecule has 1 saturated heterocycles. The van der Waals surface area contributed by atoms with E-state index in [0.29, 0.717) is 6.04 Å². The molecule has 1 aromatic rings.